The zero-order valence-corrected chi connectivity index (χ0v) is 11.7. The molecule has 0 bridgehead atoms. The summed E-state index contributed by atoms with van der Waals surface area (Å²) in [5, 5.41) is 13.0. The summed E-state index contributed by atoms with van der Waals surface area (Å²) in [6.07, 6.45) is -8.08. The summed E-state index contributed by atoms with van der Waals surface area (Å²) in [5.41, 5.74) is -5.70. The maximum atomic E-state index is 13.6. The zero-order chi connectivity index (χ0) is 17.8. The molecule has 1 aliphatic rings. The van der Waals surface area contributed by atoms with E-state index in [4.69, 9.17) is 0 Å². The van der Waals surface area contributed by atoms with Crippen molar-refractivity contribution >= 4 is 12.1 Å². The molecule has 0 aliphatic carbocycles. The molecule has 0 spiro atoms. The van der Waals surface area contributed by atoms with Gasteiger partial charge in [-0.05, 0) is 0 Å². The van der Waals surface area contributed by atoms with E-state index in [0.29, 0.717) is 0 Å². The fraction of sp³-hybridized carbons (Fsp3) is 0.818. The summed E-state index contributed by atoms with van der Waals surface area (Å²) in [7, 11) is 0. The van der Waals surface area contributed by atoms with Crippen molar-refractivity contribution in [3.05, 3.63) is 0 Å². The fourth-order valence-corrected chi connectivity index (χ4v) is 1.82. The lowest BCUT2D eigenvalue weighted by Gasteiger charge is -2.40. The lowest BCUT2D eigenvalue weighted by atomic mass is 9.79. The van der Waals surface area contributed by atoms with Gasteiger partial charge in [0.25, 0.3) is 0 Å². The molecule has 0 aromatic heterocycles. The van der Waals surface area contributed by atoms with Crippen LogP contribution in [0.5, 0.6) is 0 Å². The van der Waals surface area contributed by atoms with Crippen LogP contribution in [0.25, 0.3) is 0 Å². The number of carbonyl (C=O) groups excluding carboxylic acids is 1. The molecule has 1 heterocycles. The highest BCUT2D eigenvalue weighted by Crippen LogP contribution is 2.51. The zero-order valence-electron chi connectivity index (χ0n) is 11.7. The summed E-state index contributed by atoms with van der Waals surface area (Å²) < 4.78 is 89.6. The van der Waals surface area contributed by atoms with Crippen molar-refractivity contribution in [2.45, 2.75) is 50.9 Å². The van der Waals surface area contributed by atoms with Gasteiger partial charge in [0, 0.05) is 11.8 Å². The van der Waals surface area contributed by atoms with Crippen LogP contribution in [0.3, 0.4) is 0 Å². The Bertz CT molecular complexity index is 496. The maximum absolute atomic E-state index is 13.6. The lowest BCUT2D eigenvalue weighted by Crippen LogP contribution is -2.57. The van der Waals surface area contributed by atoms with Gasteiger partial charge in [-0.25, -0.2) is 5.01 Å². The van der Waals surface area contributed by atoms with E-state index >= 15 is 0 Å². The molecule has 0 saturated carbocycles. The molecule has 1 N–H and O–H groups in total. The molecule has 0 saturated heterocycles. The predicted molar refractivity (Wildman–Crippen MR) is 60.3 cm³/mol. The molecule has 1 atom stereocenters. The Morgan fingerprint density at radius 2 is 1.59 bits per heavy atom. The van der Waals surface area contributed by atoms with Gasteiger partial charge in [0.2, 0.25) is 6.41 Å². The van der Waals surface area contributed by atoms with Crippen LogP contribution in [0.2, 0.25) is 0 Å². The fourth-order valence-electron chi connectivity index (χ4n) is 1.82. The minimum atomic E-state index is -6.52. The van der Waals surface area contributed by atoms with Crippen molar-refractivity contribution in [2.75, 3.05) is 0 Å². The molecule has 1 amide bonds. The summed E-state index contributed by atoms with van der Waals surface area (Å²) in [4.78, 5) is 10.8. The Kier molecular flexibility index (Phi) is 4.07. The number of aliphatic hydroxyl groups is 1. The SMILES string of the molecule is CC(C)(C)[C@]1(O)CC(C(F)(F)C(F)(F)C(F)(F)F)=NN1C=O. The lowest BCUT2D eigenvalue weighted by molar-refractivity contribution is -0.336. The van der Waals surface area contributed by atoms with Crippen LogP contribution in [-0.2, 0) is 4.79 Å². The normalized spacial score (nSPS) is 24.5. The minimum Gasteiger partial charge on any atom is -0.368 e. The summed E-state index contributed by atoms with van der Waals surface area (Å²) in [6, 6.07) is 0. The number of rotatable bonds is 3. The number of hydrogen-bond acceptors (Lipinski definition) is 3. The Labute approximate surface area is 120 Å². The van der Waals surface area contributed by atoms with Crippen LogP contribution in [-0.4, -0.2) is 46.0 Å². The highest BCUT2D eigenvalue weighted by Gasteiger charge is 2.76. The van der Waals surface area contributed by atoms with Gasteiger partial charge >= 0.3 is 18.0 Å². The van der Waals surface area contributed by atoms with Crippen molar-refractivity contribution < 1.29 is 40.6 Å². The Morgan fingerprint density at radius 1 is 1.14 bits per heavy atom. The van der Waals surface area contributed by atoms with E-state index in [9.17, 15) is 40.6 Å². The Morgan fingerprint density at radius 3 is 1.86 bits per heavy atom. The number of nitrogens with zero attached hydrogens (tertiary/aromatic N) is 2. The van der Waals surface area contributed by atoms with E-state index < -0.39 is 41.3 Å². The largest absolute Gasteiger partial charge is 0.460 e. The van der Waals surface area contributed by atoms with Gasteiger partial charge in [0.05, 0.1) is 0 Å². The molecule has 22 heavy (non-hydrogen) atoms. The van der Waals surface area contributed by atoms with Gasteiger partial charge in [0.1, 0.15) is 5.71 Å². The van der Waals surface area contributed by atoms with Crippen LogP contribution < -0.4 is 0 Å². The Balaban J connectivity index is 3.33. The quantitative estimate of drug-likeness (QED) is 0.635. The standard InChI is InChI=1S/C11H13F7N2O2/c1-7(2,3)8(22)4-6(19-20(8)5-21)9(12,13)10(14,15)11(16,17)18/h5,22H,4H2,1-3H3/t8-/m1/s1. The number of hydrazone groups is 1. The van der Waals surface area contributed by atoms with Crippen molar-refractivity contribution in [3.8, 4) is 0 Å². The molecule has 11 heteroatoms. The summed E-state index contributed by atoms with van der Waals surface area (Å²) in [5.74, 6) is -12.1. The third-order valence-corrected chi connectivity index (χ3v) is 3.44. The minimum absolute atomic E-state index is 0.0305. The van der Waals surface area contributed by atoms with E-state index in [1.165, 1.54) is 20.8 Å². The van der Waals surface area contributed by atoms with E-state index in [0.717, 1.165) is 0 Å². The van der Waals surface area contributed by atoms with Crippen molar-refractivity contribution in [3.63, 3.8) is 0 Å². The van der Waals surface area contributed by atoms with Crippen LogP contribution in [0.4, 0.5) is 30.7 Å². The van der Waals surface area contributed by atoms with Gasteiger partial charge in [0.15, 0.2) is 5.72 Å². The van der Waals surface area contributed by atoms with Gasteiger partial charge in [-0.15, -0.1) is 0 Å². The predicted octanol–water partition coefficient (Wildman–Crippen LogP) is 2.77. The summed E-state index contributed by atoms with van der Waals surface area (Å²) in [6.45, 7) is 3.84. The molecule has 0 aromatic carbocycles. The second-order valence-corrected chi connectivity index (χ2v) is 5.89. The number of hydrogen-bond donors (Lipinski definition) is 1. The maximum Gasteiger partial charge on any atom is 0.460 e. The van der Waals surface area contributed by atoms with Gasteiger partial charge in [-0.3, -0.25) is 4.79 Å². The number of carbonyl (C=O) groups is 1. The average molecular weight is 338 g/mol. The van der Waals surface area contributed by atoms with Gasteiger partial charge in [-0.2, -0.15) is 35.8 Å². The molecule has 0 radical (unpaired) electrons. The highest BCUT2D eigenvalue weighted by atomic mass is 19.4. The molecular weight excluding hydrogens is 325 g/mol. The van der Waals surface area contributed by atoms with Crippen molar-refractivity contribution in [1.82, 2.24) is 5.01 Å². The van der Waals surface area contributed by atoms with E-state index in [2.05, 4.69) is 5.10 Å². The molecule has 0 unspecified atom stereocenters. The number of amides is 1. The second-order valence-electron chi connectivity index (χ2n) is 5.89. The first-order valence-corrected chi connectivity index (χ1v) is 5.89. The van der Waals surface area contributed by atoms with Crippen molar-refractivity contribution in [2.24, 2.45) is 10.5 Å². The van der Waals surface area contributed by atoms with Crippen LogP contribution in [0.1, 0.15) is 27.2 Å². The molecule has 1 rings (SSSR count). The molecule has 4 nitrogen and oxygen atoms in total. The third-order valence-electron chi connectivity index (χ3n) is 3.44. The monoisotopic (exact) mass is 338 g/mol. The summed E-state index contributed by atoms with van der Waals surface area (Å²) >= 11 is 0. The number of alkyl halides is 7. The van der Waals surface area contributed by atoms with E-state index in [1.807, 2.05) is 0 Å². The van der Waals surface area contributed by atoms with Crippen LogP contribution in [0.15, 0.2) is 5.10 Å². The second kappa shape index (κ2) is 4.80. The van der Waals surface area contributed by atoms with Crippen molar-refractivity contribution in [1.29, 1.82) is 0 Å². The van der Waals surface area contributed by atoms with E-state index in [-0.39, 0.29) is 11.4 Å². The molecular formula is C11H13F7N2O2. The first-order valence-electron chi connectivity index (χ1n) is 5.89. The first-order chi connectivity index (χ1) is 9.52. The topological polar surface area (TPSA) is 52.9 Å². The van der Waals surface area contributed by atoms with Crippen LogP contribution >= 0.6 is 0 Å². The molecule has 0 fully saturated rings. The first kappa shape index (κ1) is 18.7. The third kappa shape index (κ3) is 2.44. The van der Waals surface area contributed by atoms with Crippen LogP contribution in [0, 0.1) is 5.41 Å². The molecule has 128 valence electrons. The number of halogens is 7. The highest BCUT2D eigenvalue weighted by molar-refractivity contribution is 5.95. The van der Waals surface area contributed by atoms with E-state index in [1.54, 1.807) is 0 Å². The van der Waals surface area contributed by atoms with Gasteiger partial charge in [-0.1, -0.05) is 20.8 Å². The Hall–Kier alpha value is -1.39. The molecule has 0 aromatic rings. The molecule has 1 aliphatic heterocycles. The van der Waals surface area contributed by atoms with Gasteiger partial charge < -0.3 is 5.11 Å². The average Bonchev–Trinajstić information content (AvgIpc) is 2.66. The smallest absolute Gasteiger partial charge is 0.368 e.